The number of carbonyl (C=O) groups is 1. The first-order valence-corrected chi connectivity index (χ1v) is 10.9. The number of urea groups is 1. The number of amides is 2. The molecule has 1 saturated heterocycles. The second-order valence-corrected chi connectivity index (χ2v) is 8.38. The fraction of sp³-hybridized carbons (Fsp3) is 0.240. The van der Waals surface area contributed by atoms with Crippen molar-refractivity contribution >= 4 is 28.6 Å². The Morgan fingerprint density at radius 3 is 2.70 bits per heavy atom. The Balaban J connectivity index is 1.52. The standard InChI is InChI=1S/C25H25FN6O/c1-4-31-21(16-7-5-6-15(2)10-16)13-32(25(31)33)17-8-9-18(20(26)11-17)19-12-30(3)24-22(19)23(27)28-14-29-24/h5-12,14,21H,4,13H2,1-3H3,(H2,27,28,29). The summed E-state index contributed by atoms with van der Waals surface area (Å²) < 4.78 is 17.2. The molecule has 2 amide bonds. The molecule has 1 aliphatic heterocycles. The number of carbonyl (C=O) groups excluding carboxylic acids is 1. The number of anilines is 2. The summed E-state index contributed by atoms with van der Waals surface area (Å²) in [5, 5.41) is 0.612. The molecule has 2 aromatic heterocycles. The number of hydrogen-bond acceptors (Lipinski definition) is 4. The largest absolute Gasteiger partial charge is 0.383 e. The fourth-order valence-corrected chi connectivity index (χ4v) is 4.70. The highest BCUT2D eigenvalue weighted by atomic mass is 19.1. The normalized spacial score (nSPS) is 16.2. The summed E-state index contributed by atoms with van der Waals surface area (Å²) in [6.45, 7) is 5.03. The van der Waals surface area contributed by atoms with Gasteiger partial charge in [0.15, 0.2) is 0 Å². The van der Waals surface area contributed by atoms with Crippen molar-refractivity contribution in [1.29, 1.82) is 0 Å². The smallest absolute Gasteiger partial charge is 0.325 e. The number of likely N-dealkylation sites (N-methyl/N-ethyl adjacent to an activating group) is 1. The highest BCUT2D eigenvalue weighted by molar-refractivity contribution is 6.01. The molecule has 1 atom stereocenters. The highest BCUT2D eigenvalue weighted by Gasteiger charge is 2.38. The van der Waals surface area contributed by atoms with Gasteiger partial charge in [0.1, 0.15) is 23.6 Å². The van der Waals surface area contributed by atoms with Crippen molar-refractivity contribution in [3.63, 3.8) is 0 Å². The van der Waals surface area contributed by atoms with Gasteiger partial charge in [-0.2, -0.15) is 0 Å². The number of fused-ring (bicyclic) bond motifs is 1. The summed E-state index contributed by atoms with van der Waals surface area (Å²) in [6.07, 6.45) is 3.19. The lowest BCUT2D eigenvalue weighted by Gasteiger charge is -2.21. The van der Waals surface area contributed by atoms with Crippen LogP contribution >= 0.6 is 0 Å². The summed E-state index contributed by atoms with van der Waals surface area (Å²) in [6, 6.07) is 12.8. The second kappa shape index (κ2) is 7.88. The maximum atomic E-state index is 15.4. The van der Waals surface area contributed by atoms with Crippen LogP contribution in [0.25, 0.3) is 22.2 Å². The first kappa shape index (κ1) is 20.9. The fourth-order valence-electron chi connectivity index (χ4n) is 4.70. The molecule has 0 saturated carbocycles. The Kier molecular flexibility index (Phi) is 5.00. The van der Waals surface area contributed by atoms with Gasteiger partial charge in [0, 0.05) is 36.6 Å². The van der Waals surface area contributed by atoms with Crippen molar-refractivity contribution in [2.45, 2.75) is 19.9 Å². The van der Waals surface area contributed by atoms with Gasteiger partial charge in [-0.1, -0.05) is 29.8 Å². The van der Waals surface area contributed by atoms with Crippen molar-refractivity contribution < 1.29 is 9.18 Å². The Morgan fingerprint density at radius 2 is 1.97 bits per heavy atom. The minimum atomic E-state index is -0.432. The van der Waals surface area contributed by atoms with Crippen molar-refractivity contribution in [2.75, 3.05) is 23.7 Å². The van der Waals surface area contributed by atoms with Crippen LogP contribution in [-0.2, 0) is 7.05 Å². The van der Waals surface area contributed by atoms with Crippen LogP contribution in [0.15, 0.2) is 55.0 Å². The molecule has 2 aromatic carbocycles. The van der Waals surface area contributed by atoms with Crippen LogP contribution < -0.4 is 10.6 Å². The van der Waals surface area contributed by atoms with Crippen LogP contribution in [0.3, 0.4) is 0 Å². The first-order valence-electron chi connectivity index (χ1n) is 10.9. The summed E-state index contributed by atoms with van der Waals surface area (Å²) in [7, 11) is 1.83. The van der Waals surface area contributed by atoms with Gasteiger partial charge >= 0.3 is 6.03 Å². The number of nitrogen functional groups attached to an aromatic ring is 1. The molecule has 168 valence electrons. The first-order chi connectivity index (χ1) is 15.9. The average molecular weight is 445 g/mol. The SMILES string of the molecule is CCN1C(=O)N(c2ccc(-c3cn(C)c4ncnc(N)c34)c(F)c2)CC1c1cccc(C)c1. The summed E-state index contributed by atoms with van der Waals surface area (Å²) in [5.74, 6) is -0.133. The van der Waals surface area contributed by atoms with Crippen LogP contribution in [0.4, 0.5) is 20.7 Å². The maximum Gasteiger partial charge on any atom is 0.325 e. The Bertz CT molecular complexity index is 1380. The monoisotopic (exact) mass is 444 g/mol. The van der Waals surface area contributed by atoms with Crippen molar-refractivity contribution in [3.8, 4) is 11.1 Å². The van der Waals surface area contributed by atoms with Crippen molar-refractivity contribution in [3.05, 3.63) is 71.9 Å². The molecule has 2 N–H and O–H groups in total. The van der Waals surface area contributed by atoms with E-state index in [-0.39, 0.29) is 12.1 Å². The van der Waals surface area contributed by atoms with Gasteiger partial charge < -0.3 is 15.2 Å². The number of aryl methyl sites for hydroxylation is 2. The minimum Gasteiger partial charge on any atom is -0.383 e. The molecule has 0 radical (unpaired) electrons. The molecule has 0 spiro atoms. The average Bonchev–Trinajstić information content (AvgIpc) is 3.31. The van der Waals surface area contributed by atoms with Gasteiger partial charge in [0.25, 0.3) is 0 Å². The van der Waals surface area contributed by atoms with Gasteiger partial charge in [-0.15, -0.1) is 0 Å². The summed E-state index contributed by atoms with van der Waals surface area (Å²) >= 11 is 0. The number of nitrogens with two attached hydrogens (primary N) is 1. The zero-order chi connectivity index (χ0) is 23.3. The zero-order valence-corrected chi connectivity index (χ0v) is 18.8. The van der Waals surface area contributed by atoms with Gasteiger partial charge in [0.2, 0.25) is 0 Å². The molecule has 1 aliphatic rings. The van der Waals surface area contributed by atoms with Gasteiger partial charge in [-0.25, -0.2) is 19.2 Å². The molecule has 1 fully saturated rings. The van der Waals surface area contributed by atoms with E-state index in [1.54, 1.807) is 27.8 Å². The molecule has 33 heavy (non-hydrogen) atoms. The molecular weight excluding hydrogens is 419 g/mol. The molecule has 7 nitrogen and oxygen atoms in total. The van der Waals surface area contributed by atoms with Crippen LogP contribution in [0.5, 0.6) is 0 Å². The van der Waals surface area contributed by atoms with Gasteiger partial charge in [0.05, 0.1) is 18.0 Å². The van der Waals surface area contributed by atoms with E-state index < -0.39 is 5.82 Å². The number of benzene rings is 2. The van der Waals surface area contributed by atoms with Crippen LogP contribution in [0.2, 0.25) is 0 Å². The lowest BCUT2D eigenvalue weighted by Crippen LogP contribution is -2.32. The minimum absolute atomic E-state index is 0.0832. The third kappa shape index (κ3) is 3.38. The topological polar surface area (TPSA) is 80.3 Å². The lowest BCUT2D eigenvalue weighted by atomic mass is 10.0. The maximum absolute atomic E-state index is 15.4. The molecule has 5 rings (SSSR count). The summed E-state index contributed by atoms with van der Waals surface area (Å²) in [4.78, 5) is 25.0. The van der Waals surface area contributed by atoms with E-state index in [4.69, 9.17) is 5.73 Å². The van der Waals surface area contributed by atoms with E-state index in [1.165, 1.54) is 12.4 Å². The predicted octanol–water partition coefficient (Wildman–Crippen LogP) is 4.67. The quantitative estimate of drug-likeness (QED) is 0.496. The second-order valence-electron chi connectivity index (χ2n) is 8.38. The Morgan fingerprint density at radius 1 is 1.15 bits per heavy atom. The summed E-state index contributed by atoms with van der Waals surface area (Å²) in [5.41, 5.74) is 10.5. The van der Waals surface area contributed by atoms with E-state index in [2.05, 4.69) is 16.0 Å². The Hall–Kier alpha value is -3.94. The third-order valence-corrected chi connectivity index (χ3v) is 6.31. The zero-order valence-electron chi connectivity index (χ0n) is 18.8. The molecule has 0 bridgehead atoms. The Labute approximate surface area is 191 Å². The molecule has 1 unspecified atom stereocenters. The lowest BCUT2D eigenvalue weighted by molar-refractivity contribution is 0.209. The molecule has 4 aromatic rings. The third-order valence-electron chi connectivity index (χ3n) is 6.31. The highest BCUT2D eigenvalue weighted by Crippen LogP contribution is 2.37. The van der Waals surface area contributed by atoms with E-state index in [9.17, 15) is 4.79 Å². The predicted molar refractivity (Wildman–Crippen MR) is 127 cm³/mol. The van der Waals surface area contributed by atoms with Crippen molar-refractivity contribution in [1.82, 2.24) is 19.4 Å². The number of aromatic nitrogens is 3. The number of halogens is 1. The van der Waals surface area contributed by atoms with E-state index in [0.717, 1.165) is 11.1 Å². The molecular formula is C25H25FN6O. The van der Waals surface area contributed by atoms with Crippen LogP contribution in [0, 0.1) is 12.7 Å². The number of rotatable bonds is 4. The number of hydrogen-bond donors (Lipinski definition) is 1. The van der Waals surface area contributed by atoms with Gasteiger partial charge in [-0.3, -0.25) is 4.90 Å². The van der Waals surface area contributed by atoms with Crippen LogP contribution in [-0.4, -0.2) is 38.6 Å². The van der Waals surface area contributed by atoms with Crippen LogP contribution in [0.1, 0.15) is 24.1 Å². The molecule has 3 heterocycles. The van der Waals surface area contributed by atoms with Gasteiger partial charge in [-0.05, 0) is 37.6 Å². The van der Waals surface area contributed by atoms with E-state index in [1.807, 2.05) is 44.0 Å². The number of nitrogens with zero attached hydrogens (tertiary/aromatic N) is 5. The molecule has 0 aliphatic carbocycles. The molecule has 8 heteroatoms. The van der Waals surface area contributed by atoms with E-state index in [0.29, 0.717) is 46.8 Å². The van der Waals surface area contributed by atoms with E-state index >= 15 is 4.39 Å². The van der Waals surface area contributed by atoms with Crippen molar-refractivity contribution in [2.24, 2.45) is 7.05 Å².